The number of halogens is 2. The van der Waals surface area contributed by atoms with Gasteiger partial charge in [-0.3, -0.25) is 0 Å². The van der Waals surface area contributed by atoms with Gasteiger partial charge < -0.3 is 5.32 Å². The van der Waals surface area contributed by atoms with Gasteiger partial charge in [-0.25, -0.2) is 0 Å². The predicted molar refractivity (Wildman–Crippen MR) is 80.2 cm³/mol. The first kappa shape index (κ1) is 12.9. The molecule has 1 aromatic carbocycles. The van der Waals surface area contributed by atoms with Crippen LogP contribution in [0.2, 0.25) is 4.34 Å². The monoisotopic (exact) mass is 329 g/mol. The number of thiophene rings is 1. The third kappa shape index (κ3) is 3.47. The molecule has 2 rings (SSSR count). The Morgan fingerprint density at radius 3 is 2.76 bits per heavy atom. The predicted octanol–water partition coefficient (Wildman–Crippen LogP) is 5.34. The fraction of sp³-hybridized carbons (Fsp3) is 0.231. The van der Waals surface area contributed by atoms with Crippen LogP contribution in [0.4, 0.5) is 5.69 Å². The van der Waals surface area contributed by atoms with Gasteiger partial charge in [-0.1, -0.05) is 34.5 Å². The summed E-state index contributed by atoms with van der Waals surface area (Å²) < 4.78 is 1.97. The fourth-order valence-corrected chi connectivity index (χ4v) is 3.09. The van der Waals surface area contributed by atoms with Gasteiger partial charge in [0.1, 0.15) is 0 Å². The van der Waals surface area contributed by atoms with Crippen molar-refractivity contribution in [2.45, 2.75) is 19.9 Å². The van der Waals surface area contributed by atoms with Crippen molar-refractivity contribution in [3.8, 4) is 0 Å². The molecule has 0 fully saturated rings. The Kier molecular flexibility index (Phi) is 4.48. The minimum Gasteiger partial charge on any atom is -0.380 e. The molecule has 0 radical (unpaired) electrons. The molecular weight excluding hydrogens is 318 g/mol. The molecule has 0 saturated carbocycles. The van der Waals surface area contributed by atoms with E-state index in [-0.39, 0.29) is 0 Å². The summed E-state index contributed by atoms with van der Waals surface area (Å²) in [5.41, 5.74) is 2.52. The van der Waals surface area contributed by atoms with E-state index in [4.69, 9.17) is 11.6 Å². The number of benzene rings is 1. The molecule has 2 aromatic rings. The minimum absolute atomic E-state index is 0.825. The van der Waals surface area contributed by atoms with Crippen molar-refractivity contribution < 1.29 is 0 Å². The Labute approximate surface area is 119 Å². The van der Waals surface area contributed by atoms with Crippen molar-refractivity contribution in [1.29, 1.82) is 0 Å². The number of hydrogen-bond donors (Lipinski definition) is 1. The summed E-state index contributed by atoms with van der Waals surface area (Å²) in [7, 11) is 0. The number of aryl methyl sites for hydroxylation is 1. The van der Waals surface area contributed by atoms with Gasteiger partial charge in [-0.2, -0.15) is 0 Å². The second-order valence-corrected chi connectivity index (χ2v) is 6.43. The van der Waals surface area contributed by atoms with Crippen LogP contribution < -0.4 is 5.32 Å². The summed E-state index contributed by atoms with van der Waals surface area (Å²) >= 11 is 11.0. The molecule has 0 atom stereocenters. The first-order chi connectivity index (χ1) is 8.19. The Morgan fingerprint density at radius 1 is 1.29 bits per heavy atom. The lowest BCUT2D eigenvalue weighted by atomic mass is 10.1. The second-order valence-electron chi connectivity index (χ2n) is 3.71. The summed E-state index contributed by atoms with van der Waals surface area (Å²) in [6.45, 7) is 2.99. The number of hydrogen-bond acceptors (Lipinski definition) is 2. The minimum atomic E-state index is 0.825. The standard InChI is InChI=1S/C13H13BrClNS/c1-2-9-7-10(14)3-5-12(9)16-8-11-4-6-13(15)17-11/h3-7,16H,2,8H2,1H3. The maximum Gasteiger partial charge on any atom is 0.0931 e. The fourth-order valence-electron chi connectivity index (χ4n) is 1.66. The first-order valence-electron chi connectivity index (χ1n) is 5.45. The average molecular weight is 331 g/mol. The van der Waals surface area contributed by atoms with E-state index < -0.39 is 0 Å². The Hall–Kier alpha value is -0.510. The van der Waals surface area contributed by atoms with Crippen molar-refractivity contribution in [2.75, 3.05) is 5.32 Å². The van der Waals surface area contributed by atoms with E-state index in [2.05, 4.69) is 52.4 Å². The molecule has 1 aromatic heterocycles. The van der Waals surface area contributed by atoms with Crippen LogP contribution in [0.25, 0.3) is 0 Å². The van der Waals surface area contributed by atoms with E-state index in [1.807, 2.05) is 6.07 Å². The molecule has 1 heterocycles. The average Bonchev–Trinajstić information content (AvgIpc) is 2.73. The molecule has 0 amide bonds. The molecule has 0 unspecified atom stereocenters. The van der Waals surface area contributed by atoms with Crippen molar-refractivity contribution >= 4 is 44.6 Å². The SMILES string of the molecule is CCc1cc(Br)ccc1NCc1ccc(Cl)s1. The van der Waals surface area contributed by atoms with Crippen molar-refractivity contribution in [3.63, 3.8) is 0 Å². The summed E-state index contributed by atoms with van der Waals surface area (Å²) in [5.74, 6) is 0. The van der Waals surface area contributed by atoms with Gasteiger partial charge in [0.2, 0.25) is 0 Å². The van der Waals surface area contributed by atoms with Crippen LogP contribution in [0.1, 0.15) is 17.4 Å². The van der Waals surface area contributed by atoms with E-state index in [0.29, 0.717) is 0 Å². The molecule has 1 nitrogen and oxygen atoms in total. The Balaban J connectivity index is 2.08. The third-order valence-electron chi connectivity index (χ3n) is 2.53. The molecule has 0 spiro atoms. The van der Waals surface area contributed by atoms with Crippen molar-refractivity contribution in [3.05, 3.63) is 49.6 Å². The Bertz CT molecular complexity index is 510. The smallest absolute Gasteiger partial charge is 0.0931 e. The Morgan fingerprint density at radius 2 is 2.12 bits per heavy atom. The quantitative estimate of drug-likeness (QED) is 0.798. The molecule has 1 N–H and O–H groups in total. The summed E-state index contributed by atoms with van der Waals surface area (Å²) in [4.78, 5) is 1.25. The maximum absolute atomic E-state index is 5.91. The van der Waals surface area contributed by atoms with Crippen LogP contribution in [0.3, 0.4) is 0 Å². The highest BCUT2D eigenvalue weighted by molar-refractivity contribution is 9.10. The highest BCUT2D eigenvalue weighted by atomic mass is 79.9. The number of rotatable bonds is 4. The van der Waals surface area contributed by atoms with Crippen LogP contribution in [0.15, 0.2) is 34.8 Å². The van der Waals surface area contributed by atoms with Crippen LogP contribution in [0, 0.1) is 0 Å². The largest absolute Gasteiger partial charge is 0.380 e. The molecular formula is C13H13BrClNS. The van der Waals surface area contributed by atoms with Crippen molar-refractivity contribution in [2.24, 2.45) is 0 Å². The van der Waals surface area contributed by atoms with Crippen LogP contribution >= 0.6 is 38.9 Å². The number of nitrogens with one attached hydrogen (secondary N) is 1. The molecule has 0 saturated heterocycles. The van der Waals surface area contributed by atoms with Gasteiger partial charge >= 0.3 is 0 Å². The highest BCUT2D eigenvalue weighted by Crippen LogP contribution is 2.25. The summed E-state index contributed by atoms with van der Waals surface area (Å²) in [6, 6.07) is 10.3. The molecule has 0 aliphatic carbocycles. The van der Waals surface area contributed by atoms with Gasteiger partial charge in [0.25, 0.3) is 0 Å². The van der Waals surface area contributed by atoms with E-state index in [0.717, 1.165) is 21.8 Å². The van der Waals surface area contributed by atoms with Gasteiger partial charge in [0.05, 0.1) is 4.34 Å². The van der Waals surface area contributed by atoms with Crippen LogP contribution in [0.5, 0.6) is 0 Å². The van der Waals surface area contributed by atoms with Gasteiger partial charge in [0.15, 0.2) is 0 Å². The third-order valence-corrected chi connectivity index (χ3v) is 4.25. The molecule has 4 heteroatoms. The van der Waals surface area contributed by atoms with Crippen molar-refractivity contribution in [1.82, 2.24) is 0 Å². The molecule has 0 aliphatic heterocycles. The van der Waals surface area contributed by atoms with E-state index >= 15 is 0 Å². The first-order valence-corrected chi connectivity index (χ1v) is 7.44. The van der Waals surface area contributed by atoms with Gasteiger partial charge in [-0.05, 0) is 42.3 Å². The molecule has 90 valence electrons. The summed E-state index contributed by atoms with van der Waals surface area (Å²) in [6.07, 6.45) is 1.02. The van der Waals surface area contributed by atoms with E-state index in [1.165, 1.54) is 16.1 Å². The molecule has 17 heavy (non-hydrogen) atoms. The van der Waals surface area contributed by atoms with Crippen LogP contribution in [-0.4, -0.2) is 0 Å². The molecule has 0 bridgehead atoms. The van der Waals surface area contributed by atoms with Gasteiger partial charge in [0, 0.05) is 21.6 Å². The zero-order valence-corrected chi connectivity index (χ0v) is 12.6. The second kappa shape index (κ2) is 5.89. The maximum atomic E-state index is 5.91. The normalized spacial score (nSPS) is 10.5. The topological polar surface area (TPSA) is 12.0 Å². The zero-order valence-electron chi connectivity index (χ0n) is 9.47. The van der Waals surface area contributed by atoms with E-state index in [1.54, 1.807) is 11.3 Å². The number of anilines is 1. The zero-order chi connectivity index (χ0) is 12.3. The lowest BCUT2D eigenvalue weighted by Crippen LogP contribution is -2.00. The highest BCUT2D eigenvalue weighted by Gasteiger charge is 2.02. The van der Waals surface area contributed by atoms with Gasteiger partial charge in [-0.15, -0.1) is 11.3 Å². The lowest BCUT2D eigenvalue weighted by Gasteiger charge is -2.10. The van der Waals surface area contributed by atoms with Crippen LogP contribution in [-0.2, 0) is 13.0 Å². The lowest BCUT2D eigenvalue weighted by molar-refractivity contribution is 1.10. The van der Waals surface area contributed by atoms with E-state index in [9.17, 15) is 0 Å². The molecule has 0 aliphatic rings. The summed E-state index contributed by atoms with van der Waals surface area (Å²) in [5, 5.41) is 3.45.